The van der Waals surface area contributed by atoms with Crippen molar-refractivity contribution in [1.29, 1.82) is 5.26 Å². The molecule has 1 aliphatic rings. The van der Waals surface area contributed by atoms with Gasteiger partial charge in [0.2, 0.25) is 0 Å². The minimum atomic E-state index is 0.0412. The van der Waals surface area contributed by atoms with E-state index in [2.05, 4.69) is 66.6 Å². The van der Waals surface area contributed by atoms with Crippen molar-refractivity contribution in [1.82, 2.24) is 4.90 Å². The zero-order valence-electron chi connectivity index (χ0n) is 16.7. The SMILES string of the molecule is COc1ccc2c(c1)C=CN(CCCCCC(C#N)Sc1ccc(C)cc1)C2. The molecule has 146 valence electrons. The van der Waals surface area contributed by atoms with Crippen molar-refractivity contribution in [3.8, 4) is 11.8 Å². The Morgan fingerprint density at radius 1 is 1.14 bits per heavy atom. The van der Waals surface area contributed by atoms with Crippen molar-refractivity contribution in [3.63, 3.8) is 0 Å². The van der Waals surface area contributed by atoms with Crippen molar-refractivity contribution < 1.29 is 4.74 Å². The van der Waals surface area contributed by atoms with Crippen LogP contribution in [0.1, 0.15) is 42.4 Å². The maximum Gasteiger partial charge on any atom is 0.119 e. The Balaban J connectivity index is 1.36. The smallest absolute Gasteiger partial charge is 0.119 e. The number of fused-ring (bicyclic) bond motifs is 1. The highest BCUT2D eigenvalue weighted by atomic mass is 32.2. The molecule has 1 aliphatic heterocycles. The Morgan fingerprint density at radius 3 is 2.71 bits per heavy atom. The van der Waals surface area contributed by atoms with Gasteiger partial charge in [0.05, 0.1) is 18.4 Å². The Hall–Kier alpha value is -2.38. The molecular weight excluding hydrogens is 364 g/mol. The van der Waals surface area contributed by atoms with Gasteiger partial charge in [0.1, 0.15) is 5.75 Å². The molecule has 0 aromatic heterocycles. The Morgan fingerprint density at radius 2 is 1.96 bits per heavy atom. The number of aryl methyl sites for hydroxylation is 1. The molecule has 0 saturated heterocycles. The molecule has 3 rings (SSSR count). The van der Waals surface area contributed by atoms with E-state index < -0.39 is 0 Å². The molecule has 0 fully saturated rings. The van der Waals surface area contributed by atoms with Gasteiger partial charge in [-0.05, 0) is 67.4 Å². The standard InChI is InChI=1S/C24H28N2OS/c1-19-7-11-23(12-8-19)28-24(17-25)6-4-3-5-14-26-15-13-20-16-22(27-2)10-9-21(20)18-26/h7-13,15-16,24H,3-6,14,18H2,1-2H3. The predicted octanol–water partition coefficient (Wildman–Crippen LogP) is 6.03. The third kappa shape index (κ3) is 5.81. The highest BCUT2D eigenvalue weighted by molar-refractivity contribution is 8.00. The summed E-state index contributed by atoms with van der Waals surface area (Å²) in [7, 11) is 1.71. The van der Waals surface area contributed by atoms with E-state index in [1.54, 1.807) is 18.9 Å². The van der Waals surface area contributed by atoms with Crippen LogP contribution >= 0.6 is 11.8 Å². The molecule has 0 saturated carbocycles. The van der Waals surface area contributed by atoms with E-state index in [4.69, 9.17) is 4.74 Å². The van der Waals surface area contributed by atoms with E-state index in [0.717, 1.165) is 44.5 Å². The molecule has 4 heteroatoms. The van der Waals surface area contributed by atoms with Crippen LogP contribution in [-0.4, -0.2) is 23.8 Å². The largest absolute Gasteiger partial charge is 0.497 e. The first kappa shape index (κ1) is 20.4. The van der Waals surface area contributed by atoms with Crippen LogP contribution in [0, 0.1) is 18.3 Å². The minimum absolute atomic E-state index is 0.0412. The molecule has 0 amide bonds. The van der Waals surface area contributed by atoms with Gasteiger partial charge in [-0.15, -0.1) is 11.8 Å². The van der Waals surface area contributed by atoms with E-state index >= 15 is 0 Å². The fraction of sp³-hybridized carbons (Fsp3) is 0.375. The first-order chi connectivity index (χ1) is 13.7. The van der Waals surface area contributed by atoms with Crippen LogP contribution in [0.3, 0.4) is 0 Å². The highest BCUT2D eigenvalue weighted by Crippen LogP contribution is 2.27. The lowest BCUT2D eigenvalue weighted by Crippen LogP contribution is -2.21. The second-order valence-electron chi connectivity index (χ2n) is 7.25. The minimum Gasteiger partial charge on any atom is -0.497 e. The van der Waals surface area contributed by atoms with Crippen LogP contribution in [0.5, 0.6) is 5.75 Å². The second-order valence-corrected chi connectivity index (χ2v) is 8.53. The van der Waals surface area contributed by atoms with Crippen molar-refractivity contribution in [2.45, 2.75) is 49.3 Å². The van der Waals surface area contributed by atoms with Crippen LogP contribution < -0.4 is 4.74 Å². The number of nitrogens with zero attached hydrogens (tertiary/aromatic N) is 2. The average molecular weight is 393 g/mol. The van der Waals surface area contributed by atoms with Gasteiger partial charge in [-0.1, -0.05) is 36.6 Å². The zero-order chi connectivity index (χ0) is 19.8. The van der Waals surface area contributed by atoms with Gasteiger partial charge in [0, 0.05) is 18.0 Å². The summed E-state index contributed by atoms with van der Waals surface area (Å²) < 4.78 is 5.30. The molecule has 0 aliphatic carbocycles. The van der Waals surface area contributed by atoms with Crippen molar-refractivity contribution in [2.24, 2.45) is 0 Å². The molecule has 1 unspecified atom stereocenters. The van der Waals surface area contributed by atoms with Gasteiger partial charge in [0.25, 0.3) is 0 Å². The quantitative estimate of drug-likeness (QED) is 0.385. The summed E-state index contributed by atoms with van der Waals surface area (Å²) >= 11 is 1.69. The fourth-order valence-corrected chi connectivity index (χ4v) is 4.32. The number of unbranched alkanes of at least 4 members (excludes halogenated alkanes) is 2. The fourth-order valence-electron chi connectivity index (χ4n) is 3.36. The van der Waals surface area contributed by atoms with E-state index in [9.17, 15) is 5.26 Å². The number of benzene rings is 2. The zero-order valence-corrected chi connectivity index (χ0v) is 17.5. The lowest BCUT2D eigenvalue weighted by molar-refractivity contribution is 0.353. The third-order valence-electron chi connectivity index (χ3n) is 5.05. The Labute approximate surface area is 173 Å². The Kier molecular flexibility index (Phi) is 7.45. The summed E-state index contributed by atoms with van der Waals surface area (Å²) in [6.07, 6.45) is 8.73. The molecule has 2 aromatic carbocycles. The van der Waals surface area contributed by atoms with Crippen LogP contribution in [0.4, 0.5) is 0 Å². The van der Waals surface area contributed by atoms with Crippen molar-refractivity contribution in [2.75, 3.05) is 13.7 Å². The van der Waals surface area contributed by atoms with Gasteiger partial charge < -0.3 is 9.64 Å². The number of methoxy groups -OCH3 is 1. The predicted molar refractivity (Wildman–Crippen MR) is 117 cm³/mol. The average Bonchev–Trinajstić information content (AvgIpc) is 2.73. The van der Waals surface area contributed by atoms with Crippen LogP contribution in [0.2, 0.25) is 0 Å². The van der Waals surface area contributed by atoms with Gasteiger partial charge in [0.15, 0.2) is 0 Å². The molecule has 3 nitrogen and oxygen atoms in total. The van der Waals surface area contributed by atoms with Crippen molar-refractivity contribution >= 4 is 17.8 Å². The molecule has 1 heterocycles. The third-order valence-corrected chi connectivity index (χ3v) is 6.22. The molecular formula is C24H28N2OS. The lowest BCUT2D eigenvalue weighted by Gasteiger charge is -2.25. The number of nitriles is 1. The molecule has 0 spiro atoms. The number of hydrogen-bond donors (Lipinski definition) is 0. The normalized spacial score (nSPS) is 13.7. The summed E-state index contributed by atoms with van der Waals surface area (Å²) in [6.45, 7) is 4.10. The van der Waals surface area contributed by atoms with Gasteiger partial charge in [-0.2, -0.15) is 5.26 Å². The highest BCUT2D eigenvalue weighted by Gasteiger charge is 2.12. The summed E-state index contributed by atoms with van der Waals surface area (Å²) in [5, 5.41) is 9.48. The van der Waals surface area contributed by atoms with Crippen LogP contribution in [-0.2, 0) is 6.54 Å². The Bertz CT molecular complexity index is 839. The van der Waals surface area contributed by atoms with E-state index in [1.807, 2.05) is 6.07 Å². The van der Waals surface area contributed by atoms with E-state index in [0.29, 0.717) is 0 Å². The first-order valence-corrected chi connectivity index (χ1v) is 10.8. The van der Waals surface area contributed by atoms with Crippen LogP contribution in [0.15, 0.2) is 53.6 Å². The molecule has 0 radical (unpaired) electrons. The number of thioether (sulfide) groups is 1. The van der Waals surface area contributed by atoms with Gasteiger partial charge in [-0.25, -0.2) is 0 Å². The number of ether oxygens (including phenoxy) is 1. The summed E-state index contributed by atoms with van der Waals surface area (Å²) in [4.78, 5) is 3.56. The maximum atomic E-state index is 9.44. The number of rotatable bonds is 9. The summed E-state index contributed by atoms with van der Waals surface area (Å²) in [5.74, 6) is 0.910. The van der Waals surface area contributed by atoms with Crippen LogP contribution in [0.25, 0.3) is 6.08 Å². The molecule has 2 aromatic rings. The lowest BCUT2D eigenvalue weighted by atomic mass is 10.0. The monoisotopic (exact) mass is 392 g/mol. The summed E-state index contributed by atoms with van der Waals surface area (Å²) in [6, 6.07) is 17.2. The first-order valence-electron chi connectivity index (χ1n) is 9.90. The summed E-state index contributed by atoms with van der Waals surface area (Å²) in [5.41, 5.74) is 3.86. The topological polar surface area (TPSA) is 36.3 Å². The molecule has 1 atom stereocenters. The number of hydrogen-bond acceptors (Lipinski definition) is 4. The molecule has 0 N–H and O–H groups in total. The van der Waals surface area contributed by atoms with Gasteiger partial charge >= 0.3 is 0 Å². The second kappa shape index (κ2) is 10.2. The molecule has 28 heavy (non-hydrogen) atoms. The van der Waals surface area contributed by atoms with Gasteiger partial charge in [-0.3, -0.25) is 0 Å². The van der Waals surface area contributed by atoms with Crippen molar-refractivity contribution in [3.05, 3.63) is 65.4 Å². The molecule has 0 bridgehead atoms. The maximum absolute atomic E-state index is 9.44. The van der Waals surface area contributed by atoms with E-state index in [-0.39, 0.29) is 5.25 Å². The van der Waals surface area contributed by atoms with E-state index in [1.165, 1.54) is 21.6 Å².